The van der Waals surface area contributed by atoms with Crippen LogP contribution in [0.1, 0.15) is 39.7 Å². The van der Waals surface area contributed by atoms with Crippen LogP contribution >= 0.6 is 0 Å². The first-order chi connectivity index (χ1) is 14.2. The van der Waals surface area contributed by atoms with Gasteiger partial charge in [0.05, 0.1) is 12.9 Å². The van der Waals surface area contributed by atoms with Crippen LogP contribution in [0.25, 0.3) is 0 Å². The van der Waals surface area contributed by atoms with Gasteiger partial charge in [-0.1, -0.05) is 36.4 Å². The Labute approximate surface area is 177 Å². The number of hydrogen-bond donors (Lipinski definition) is 2. The summed E-state index contributed by atoms with van der Waals surface area (Å²) in [6, 6.07) is 19.2. The van der Waals surface area contributed by atoms with E-state index >= 15 is 0 Å². The van der Waals surface area contributed by atoms with Crippen molar-refractivity contribution < 1.29 is 18.3 Å². The van der Waals surface area contributed by atoms with E-state index in [0.29, 0.717) is 18.0 Å². The van der Waals surface area contributed by atoms with Crippen molar-refractivity contribution in [3.63, 3.8) is 0 Å². The lowest BCUT2D eigenvalue weighted by Gasteiger charge is -2.35. The van der Waals surface area contributed by atoms with E-state index in [4.69, 9.17) is 4.74 Å². The maximum atomic E-state index is 11.5. The molecule has 1 heterocycles. The topological polar surface area (TPSA) is 75.6 Å². The van der Waals surface area contributed by atoms with Gasteiger partial charge in [-0.15, -0.1) is 0 Å². The molecule has 0 bridgehead atoms. The van der Waals surface area contributed by atoms with Gasteiger partial charge in [-0.25, -0.2) is 8.42 Å². The fourth-order valence-corrected chi connectivity index (χ4v) is 4.63. The molecule has 6 heteroatoms. The normalized spacial score (nSPS) is 18.4. The van der Waals surface area contributed by atoms with Crippen molar-refractivity contribution in [1.82, 2.24) is 0 Å². The van der Waals surface area contributed by atoms with E-state index in [1.807, 2.05) is 18.2 Å². The predicted molar refractivity (Wildman–Crippen MR) is 119 cm³/mol. The monoisotopic (exact) mass is 423 g/mol. The summed E-state index contributed by atoms with van der Waals surface area (Å²) in [5, 5.41) is 9.89. The van der Waals surface area contributed by atoms with E-state index in [1.54, 1.807) is 24.3 Å². The van der Waals surface area contributed by atoms with Gasteiger partial charge in [0, 0.05) is 29.2 Å². The average Bonchev–Trinajstić information content (AvgIpc) is 2.68. The van der Waals surface area contributed by atoms with Gasteiger partial charge >= 0.3 is 0 Å². The zero-order chi connectivity index (χ0) is 21.5. The Kier molecular flexibility index (Phi) is 5.20. The second-order valence-electron chi connectivity index (χ2n) is 7.96. The Bertz CT molecular complexity index is 1190. The number of anilines is 1. The standard InChI is InChI=1S/C24H25NO4S/c1-15-4-5-18(12-16(15)2)22-14-29-23-13-20(26)10-11-21(23)24(22)17-6-8-19(9-7-17)25-30(3,27)28/h4-13,22,24-26H,14H2,1-3H3. The SMILES string of the molecule is Cc1ccc(C2COc3cc(O)ccc3C2c2ccc(NS(C)(=O)=O)cc2)cc1C. The molecule has 0 aromatic heterocycles. The number of fused-ring (bicyclic) bond motifs is 1. The summed E-state index contributed by atoms with van der Waals surface area (Å²) in [5.41, 5.74) is 6.27. The summed E-state index contributed by atoms with van der Waals surface area (Å²) in [6.45, 7) is 4.70. The zero-order valence-corrected chi connectivity index (χ0v) is 18.0. The van der Waals surface area contributed by atoms with Crippen LogP contribution in [0.5, 0.6) is 11.5 Å². The first-order valence-electron chi connectivity index (χ1n) is 9.82. The highest BCUT2D eigenvalue weighted by atomic mass is 32.2. The lowest BCUT2D eigenvalue weighted by atomic mass is 9.75. The van der Waals surface area contributed by atoms with Crippen molar-refractivity contribution in [3.05, 3.63) is 88.5 Å². The molecule has 0 saturated carbocycles. The summed E-state index contributed by atoms with van der Waals surface area (Å²) in [6.07, 6.45) is 1.14. The van der Waals surface area contributed by atoms with Gasteiger partial charge in [0.25, 0.3) is 0 Å². The van der Waals surface area contributed by atoms with Crippen molar-refractivity contribution in [3.8, 4) is 11.5 Å². The van der Waals surface area contributed by atoms with Gasteiger partial charge in [-0.05, 0) is 54.3 Å². The number of nitrogens with one attached hydrogen (secondary N) is 1. The number of hydrogen-bond acceptors (Lipinski definition) is 4. The molecular weight excluding hydrogens is 398 g/mol. The molecule has 3 aromatic carbocycles. The highest BCUT2D eigenvalue weighted by molar-refractivity contribution is 7.92. The van der Waals surface area contributed by atoms with Crippen molar-refractivity contribution in [2.45, 2.75) is 25.7 Å². The van der Waals surface area contributed by atoms with Crippen LogP contribution in [0.3, 0.4) is 0 Å². The summed E-state index contributed by atoms with van der Waals surface area (Å²) >= 11 is 0. The van der Waals surface area contributed by atoms with Crippen LogP contribution in [0.4, 0.5) is 5.69 Å². The molecule has 2 N–H and O–H groups in total. The van der Waals surface area contributed by atoms with Gasteiger partial charge in [-0.3, -0.25) is 4.72 Å². The lowest BCUT2D eigenvalue weighted by Crippen LogP contribution is -2.25. The number of sulfonamides is 1. The largest absolute Gasteiger partial charge is 0.508 e. The van der Waals surface area contributed by atoms with Crippen LogP contribution in [-0.2, 0) is 10.0 Å². The molecule has 5 nitrogen and oxygen atoms in total. The van der Waals surface area contributed by atoms with Gasteiger partial charge in [0.2, 0.25) is 10.0 Å². The third-order valence-corrected chi connectivity index (χ3v) is 6.29. The zero-order valence-electron chi connectivity index (χ0n) is 17.2. The molecule has 0 saturated heterocycles. The second-order valence-corrected chi connectivity index (χ2v) is 9.71. The van der Waals surface area contributed by atoms with Crippen molar-refractivity contribution in [2.75, 3.05) is 17.6 Å². The molecule has 0 fully saturated rings. The van der Waals surface area contributed by atoms with Crippen LogP contribution in [0.2, 0.25) is 0 Å². The third kappa shape index (κ3) is 4.14. The van der Waals surface area contributed by atoms with E-state index in [1.165, 1.54) is 16.7 Å². The van der Waals surface area contributed by atoms with Crippen molar-refractivity contribution in [2.24, 2.45) is 0 Å². The van der Waals surface area contributed by atoms with E-state index in [9.17, 15) is 13.5 Å². The van der Waals surface area contributed by atoms with Crippen molar-refractivity contribution >= 4 is 15.7 Å². The minimum Gasteiger partial charge on any atom is -0.508 e. The Hall–Kier alpha value is -2.99. The predicted octanol–water partition coefficient (Wildman–Crippen LogP) is 4.69. The first kappa shape index (κ1) is 20.3. The third-order valence-electron chi connectivity index (χ3n) is 5.69. The number of aryl methyl sites for hydroxylation is 2. The van der Waals surface area contributed by atoms with Crippen LogP contribution in [0, 0.1) is 13.8 Å². The Morgan fingerprint density at radius 3 is 2.30 bits per heavy atom. The van der Waals surface area contributed by atoms with E-state index in [2.05, 4.69) is 36.8 Å². The number of ether oxygens (including phenoxy) is 1. The molecule has 1 aliphatic heterocycles. The molecule has 0 spiro atoms. The minimum atomic E-state index is -3.33. The average molecular weight is 424 g/mol. The highest BCUT2D eigenvalue weighted by Crippen LogP contribution is 2.47. The summed E-state index contributed by atoms with van der Waals surface area (Å²) in [4.78, 5) is 0. The highest BCUT2D eigenvalue weighted by Gasteiger charge is 2.33. The van der Waals surface area contributed by atoms with Gasteiger partial charge in [0.1, 0.15) is 11.5 Å². The number of benzene rings is 3. The molecule has 1 aliphatic rings. The Morgan fingerprint density at radius 1 is 0.933 bits per heavy atom. The maximum absolute atomic E-state index is 11.5. The molecule has 2 unspecified atom stereocenters. The van der Waals surface area contributed by atoms with E-state index < -0.39 is 10.0 Å². The number of rotatable bonds is 4. The van der Waals surface area contributed by atoms with Gasteiger partial charge in [-0.2, -0.15) is 0 Å². The molecule has 30 heavy (non-hydrogen) atoms. The Morgan fingerprint density at radius 2 is 1.63 bits per heavy atom. The quantitative estimate of drug-likeness (QED) is 0.638. The molecule has 2 atom stereocenters. The van der Waals surface area contributed by atoms with Crippen LogP contribution in [-0.4, -0.2) is 26.4 Å². The summed E-state index contributed by atoms with van der Waals surface area (Å²) in [5.74, 6) is 0.960. The molecule has 3 aromatic rings. The molecule has 156 valence electrons. The summed E-state index contributed by atoms with van der Waals surface area (Å²) < 4.78 is 31.6. The first-order valence-corrected chi connectivity index (χ1v) is 11.7. The fourth-order valence-electron chi connectivity index (χ4n) is 4.07. The smallest absolute Gasteiger partial charge is 0.229 e. The molecule has 4 rings (SSSR count). The van der Waals surface area contributed by atoms with Gasteiger partial charge in [0.15, 0.2) is 0 Å². The van der Waals surface area contributed by atoms with E-state index in [0.717, 1.165) is 17.4 Å². The fraction of sp³-hybridized carbons (Fsp3) is 0.250. The van der Waals surface area contributed by atoms with Crippen LogP contribution < -0.4 is 9.46 Å². The van der Waals surface area contributed by atoms with Crippen molar-refractivity contribution in [1.29, 1.82) is 0 Å². The Balaban J connectivity index is 1.79. The molecule has 0 aliphatic carbocycles. The minimum absolute atomic E-state index is 0.0174. The number of aromatic hydroxyl groups is 1. The molecular formula is C24H25NO4S. The molecule has 0 radical (unpaired) electrons. The lowest BCUT2D eigenvalue weighted by molar-refractivity contribution is 0.247. The number of phenols is 1. The van der Waals surface area contributed by atoms with Crippen LogP contribution in [0.15, 0.2) is 60.7 Å². The van der Waals surface area contributed by atoms with Gasteiger partial charge < -0.3 is 9.84 Å². The number of phenolic OH excluding ortho intramolecular Hbond substituents is 1. The van der Waals surface area contributed by atoms with E-state index in [-0.39, 0.29) is 17.6 Å². The maximum Gasteiger partial charge on any atom is 0.229 e. The second kappa shape index (κ2) is 7.69. The molecule has 0 amide bonds. The summed E-state index contributed by atoms with van der Waals surface area (Å²) in [7, 11) is -3.33.